The molecule has 22 heavy (non-hydrogen) atoms. The number of anilines is 1. The van der Waals surface area contributed by atoms with Gasteiger partial charge in [0.15, 0.2) is 5.65 Å². The molecule has 1 fully saturated rings. The highest BCUT2D eigenvalue weighted by molar-refractivity contribution is 5.88. The lowest BCUT2D eigenvalue weighted by Gasteiger charge is -1.98. The summed E-state index contributed by atoms with van der Waals surface area (Å²) in [5.74, 6) is 0.385. The second-order valence-corrected chi connectivity index (χ2v) is 5.27. The molecule has 3 N–H and O–H groups in total. The maximum absolute atomic E-state index is 9.19. The molecule has 0 amide bonds. The molecule has 0 spiro atoms. The second-order valence-electron chi connectivity index (χ2n) is 5.27. The van der Waals surface area contributed by atoms with Crippen LogP contribution in [0.5, 0.6) is 0 Å². The third kappa shape index (κ3) is 2.89. The lowest BCUT2D eigenvalue weighted by Crippen LogP contribution is -1.98. The van der Waals surface area contributed by atoms with Crippen LogP contribution in [0.4, 0.5) is 5.82 Å². The molecule has 1 saturated carbocycles. The molecule has 7 heteroatoms. The molecule has 0 radical (unpaired) electrons. The van der Waals surface area contributed by atoms with Gasteiger partial charge in [-0.25, -0.2) is 14.6 Å². The van der Waals surface area contributed by atoms with Gasteiger partial charge < -0.3 is 10.8 Å². The van der Waals surface area contributed by atoms with Crippen molar-refractivity contribution in [2.24, 2.45) is 0 Å². The van der Waals surface area contributed by atoms with E-state index in [0.29, 0.717) is 22.9 Å². The van der Waals surface area contributed by atoms with Crippen LogP contribution in [-0.4, -0.2) is 29.8 Å². The molecular formula is C15H18N6O. The van der Waals surface area contributed by atoms with Crippen LogP contribution in [-0.2, 0) is 6.61 Å². The van der Waals surface area contributed by atoms with E-state index in [0.717, 1.165) is 18.5 Å². The van der Waals surface area contributed by atoms with Crippen molar-refractivity contribution in [3.05, 3.63) is 42.1 Å². The molecule has 0 saturated heterocycles. The highest BCUT2D eigenvalue weighted by Crippen LogP contribution is 2.37. The van der Waals surface area contributed by atoms with E-state index < -0.39 is 0 Å². The minimum Gasteiger partial charge on any atom is -0.390 e. The predicted molar refractivity (Wildman–Crippen MR) is 82.9 cm³/mol. The Morgan fingerprint density at radius 1 is 1.36 bits per heavy atom. The summed E-state index contributed by atoms with van der Waals surface area (Å²) in [4.78, 5) is 12.0. The van der Waals surface area contributed by atoms with E-state index in [1.54, 1.807) is 6.20 Å². The van der Waals surface area contributed by atoms with Gasteiger partial charge in [-0.1, -0.05) is 6.07 Å². The van der Waals surface area contributed by atoms with Crippen molar-refractivity contribution >= 4 is 16.9 Å². The molecule has 3 heterocycles. The fourth-order valence-electron chi connectivity index (χ4n) is 2.20. The van der Waals surface area contributed by atoms with Crippen molar-refractivity contribution in [3.63, 3.8) is 0 Å². The van der Waals surface area contributed by atoms with Crippen LogP contribution >= 0.6 is 0 Å². The van der Waals surface area contributed by atoms with Gasteiger partial charge in [-0.05, 0) is 31.4 Å². The SMILES string of the molecule is Cc1cccnc1.Nc1ncnc2c1c(CO)nn2C1CC1. The van der Waals surface area contributed by atoms with Crippen molar-refractivity contribution in [1.29, 1.82) is 0 Å². The maximum Gasteiger partial charge on any atom is 0.163 e. The molecule has 4 rings (SSSR count). The standard InChI is InChI=1S/C9H11N5O.C6H7N/c10-8-7-6(3-15)13-14(5-1-2-5)9(7)12-4-11-8;1-6-3-2-4-7-5-6/h4-5,15H,1-3H2,(H2,10,11,12);2-5H,1H3. The van der Waals surface area contributed by atoms with Gasteiger partial charge in [-0.15, -0.1) is 0 Å². The summed E-state index contributed by atoms with van der Waals surface area (Å²) in [6.07, 6.45) is 7.27. The van der Waals surface area contributed by atoms with Crippen LogP contribution in [0.2, 0.25) is 0 Å². The van der Waals surface area contributed by atoms with Gasteiger partial charge in [-0.3, -0.25) is 4.98 Å². The number of rotatable bonds is 2. The molecule has 0 aromatic carbocycles. The van der Waals surface area contributed by atoms with Crippen LogP contribution in [0.3, 0.4) is 0 Å². The number of fused-ring (bicyclic) bond motifs is 1. The summed E-state index contributed by atoms with van der Waals surface area (Å²) in [5, 5.41) is 14.2. The number of nitrogens with zero attached hydrogens (tertiary/aromatic N) is 5. The van der Waals surface area contributed by atoms with E-state index >= 15 is 0 Å². The van der Waals surface area contributed by atoms with Crippen molar-refractivity contribution in [3.8, 4) is 0 Å². The molecule has 0 unspecified atom stereocenters. The average Bonchev–Trinajstić information content (AvgIpc) is 3.30. The summed E-state index contributed by atoms with van der Waals surface area (Å²) in [5.41, 5.74) is 8.26. The molecule has 7 nitrogen and oxygen atoms in total. The number of aromatic nitrogens is 5. The number of hydrogen-bond donors (Lipinski definition) is 2. The molecule has 0 aliphatic heterocycles. The third-order valence-corrected chi connectivity index (χ3v) is 3.44. The van der Waals surface area contributed by atoms with Gasteiger partial charge >= 0.3 is 0 Å². The Bertz CT molecular complexity index is 766. The van der Waals surface area contributed by atoms with Crippen molar-refractivity contribution < 1.29 is 5.11 Å². The van der Waals surface area contributed by atoms with Gasteiger partial charge in [0.25, 0.3) is 0 Å². The maximum atomic E-state index is 9.19. The summed E-state index contributed by atoms with van der Waals surface area (Å²) in [7, 11) is 0. The van der Waals surface area contributed by atoms with Gasteiger partial charge in [0.05, 0.1) is 18.0 Å². The lowest BCUT2D eigenvalue weighted by atomic mass is 10.3. The van der Waals surface area contributed by atoms with E-state index in [-0.39, 0.29) is 6.61 Å². The zero-order valence-electron chi connectivity index (χ0n) is 12.3. The molecule has 3 aromatic rings. The monoisotopic (exact) mass is 298 g/mol. The van der Waals surface area contributed by atoms with Crippen LogP contribution in [0.25, 0.3) is 11.0 Å². The van der Waals surface area contributed by atoms with E-state index in [9.17, 15) is 5.11 Å². The first-order valence-corrected chi connectivity index (χ1v) is 7.15. The molecule has 1 aliphatic carbocycles. The van der Waals surface area contributed by atoms with Gasteiger partial charge in [0.1, 0.15) is 17.8 Å². The Morgan fingerprint density at radius 3 is 2.73 bits per heavy atom. The van der Waals surface area contributed by atoms with E-state index in [4.69, 9.17) is 5.73 Å². The highest BCUT2D eigenvalue weighted by Gasteiger charge is 2.28. The van der Waals surface area contributed by atoms with E-state index in [1.165, 1.54) is 11.9 Å². The number of nitrogen functional groups attached to an aromatic ring is 1. The number of hydrogen-bond acceptors (Lipinski definition) is 6. The van der Waals surface area contributed by atoms with Crippen LogP contribution in [0.1, 0.15) is 30.1 Å². The van der Waals surface area contributed by atoms with Crippen LogP contribution in [0, 0.1) is 6.92 Å². The third-order valence-electron chi connectivity index (χ3n) is 3.44. The molecule has 1 aliphatic rings. The summed E-state index contributed by atoms with van der Waals surface area (Å²) >= 11 is 0. The largest absolute Gasteiger partial charge is 0.390 e. The Morgan fingerprint density at radius 2 is 2.18 bits per heavy atom. The summed E-state index contributed by atoms with van der Waals surface area (Å²) < 4.78 is 1.85. The van der Waals surface area contributed by atoms with Crippen LogP contribution < -0.4 is 5.73 Å². The molecule has 0 atom stereocenters. The zero-order chi connectivity index (χ0) is 15.5. The Kier molecular flexibility index (Phi) is 3.97. The first kappa shape index (κ1) is 14.4. The number of pyridine rings is 1. The predicted octanol–water partition coefficient (Wildman–Crippen LogP) is 1.63. The molecule has 0 bridgehead atoms. The Balaban J connectivity index is 0.000000174. The molecular weight excluding hydrogens is 280 g/mol. The summed E-state index contributed by atoms with van der Waals surface area (Å²) in [6, 6.07) is 4.37. The van der Waals surface area contributed by atoms with Crippen molar-refractivity contribution in [2.45, 2.75) is 32.4 Å². The van der Waals surface area contributed by atoms with Gasteiger partial charge in [0.2, 0.25) is 0 Å². The smallest absolute Gasteiger partial charge is 0.163 e. The topological polar surface area (TPSA) is 103 Å². The Hall–Kier alpha value is -2.54. The number of nitrogens with two attached hydrogens (primary N) is 1. The fraction of sp³-hybridized carbons (Fsp3) is 0.333. The normalized spacial score (nSPS) is 13.7. The minimum atomic E-state index is -0.131. The molecule has 114 valence electrons. The van der Waals surface area contributed by atoms with Crippen molar-refractivity contribution in [2.75, 3.05) is 5.73 Å². The quantitative estimate of drug-likeness (QED) is 0.745. The van der Waals surface area contributed by atoms with Gasteiger partial charge in [0, 0.05) is 12.4 Å². The van der Waals surface area contributed by atoms with E-state index in [1.807, 2.05) is 29.9 Å². The highest BCUT2D eigenvalue weighted by atomic mass is 16.3. The van der Waals surface area contributed by atoms with Crippen LogP contribution in [0.15, 0.2) is 30.9 Å². The number of aryl methyl sites for hydroxylation is 1. The average molecular weight is 298 g/mol. The number of aliphatic hydroxyl groups excluding tert-OH is 1. The first-order valence-electron chi connectivity index (χ1n) is 7.15. The zero-order valence-corrected chi connectivity index (χ0v) is 12.3. The fourth-order valence-corrected chi connectivity index (χ4v) is 2.20. The summed E-state index contributed by atoms with van der Waals surface area (Å²) in [6.45, 7) is 1.89. The van der Waals surface area contributed by atoms with Crippen molar-refractivity contribution in [1.82, 2.24) is 24.7 Å². The van der Waals surface area contributed by atoms with Gasteiger partial charge in [-0.2, -0.15) is 5.10 Å². The second kappa shape index (κ2) is 6.07. The Labute approximate surface area is 127 Å². The van der Waals surface area contributed by atoms with E-state index in [2.05, 4.69) is 20.1 Å². The minimum absolute atomic E-state index is 0.131. The molecule has 3 aromatic heterocycles. The lowest BCUT2D eigenvalue weighted by molar-refractivity contribution is 0.276. The number of aliphatic hydroxyl groups is 1. The first-order chi connectivity index (χ1) is 10.7.